The fraction of sp³-hybridized carbons (Fsp3) is 0.406. The summed E-state index contributed by atoms with van der Waals surface area (Å²) in [5.41, 5.74) is 0.512. The number of carbonyl (C=O) groups is 1. The van der Waals surface area contributed by atoms with Gasteiger partial charge in [-0.15, -0.1) is 0 Å². The van der Waals surface area contributed by atoms with E-state index in [1.54, 1.807) is 0 Å². The lowest BCUT2D eigenvalue weighted by molar-refractivity contribution is -0.290. The molecule has 1 aliphatic heterocycles. The summed E-state index contributed by atoms with van der Waals surface area (Å²) in [6.45, 7) is 6.62. The van der Waals surface area contributed by atoms with E-state index < -0.39 is 22.9 Å². The monoisotopic (exact) mass is 501 g/mol. The highest BCUT2D eigenvalue weighted by Crippen LogP contribution is 2.43. The van der Waals surface area contributed by atoms with Crippen molar-refractivity contribution in [3.8, 4) is 0 Å². The van der Waals surface area contributed by atoms with E-state index in [0.717, 1.165) is 16.7 Å². The van der Waals surface area contributed by atoms with Crippen molar-refractivity contribution in [3.05, 3.63) is 108 Å². The Kier molecular flexibility index (Phi) is 8.17. The third-order valence-electron chi connectivity index (χ3n) is 7.85. The number of aliphatic hydroxyl groups is 2. The Bertz CT molecular complexity index is 1100. The number of carbonyl (C=O) groups excluding carboxylic acids is 1. The van der Waals surface area contributed by atoms with Crippen LogP contribution in [0.25, 0.3) is 0 Å². The van der Waals surface area contributed by atoms with Crippen LogP contribution in [-0.4, -0.2) is 40.1 Å². The molecule has 0 radical (unpaired) electrons. The molecule has 1 aliphatic rings. The zero-order chi connectivity index (χ0) is 26.5. The molecular formula is C32H39NO4. The first-order chi connectivity index (χ1) is 17.7. The molecule has 0 saturated carbocycles. The summed E-state index contributed by atoms with van der Waals surface area (Å²) >= 11 is 0. The first-order valence-electron chi connectivity index (χ1n) is 13.3. The number of rotatable bonds is 9. The molecule has 4 rings (SSSR count). The van der Waals surface area contributed by atoms with Crippen LogP contribution in [0.15, 0.2) is 91.0 Å². The van der Waals surface area contributed by atoms with E-state index >= 15 is 0 Å². The summed E-state index contributed by atoms with van der Waals surface area (Å²) in [4.78, 5) is 15.2. The second-order valence-corrected chi connectivity index (χ2v) is 10.6. The average molecular weight is 502 g/mol. The Hall–Kier alpha value is -2.99. The average Bonchev–Trinajstić information content (AvgIpc) is 2.94. The lowest BCUT2D eigenvalue weighted by Gasteiger charge is -2.47. The summed E-state index contributed by atoms with van der Waals surface area (Å²) in [6, 6.07) is 29.1. The van der Waals surface area contributed by atoms with Crippen molar-refractivity contribution < 1.29 is 19.7 Å². The Morgan fingerprint density at radius 2 is 1.24 bits per heavy atom. The van der Waals surface area contributed by atoms with Crippen LogP contribution < -0.4 is 0 Å². The first kappa shape index (κ1) is 27.1. The second-order valence-electron chi connectivity index (χ2n) is 10.6. The van der Waals surface area contributed by atoms with Crippen molar-refractivity contribution in [1.29, 1.82) is 0 Å². The number of hydrogen-bond donors (Lipinski definition) is 2. The number of benzene rings is 3. The lowest BCUT2D eigenvalue weighted by atomic mass is 9.72. The highest BCUT2D eigenvalue weighted by molar-refractivity contribution is 5.82. The third kappa shape index (κ3) is 5.49. The minimum Gasteiger partial charge on any atom is -0.418 e. The molecule has 2 N–H and O–H groups in total. The molecule has 1 unspecified atom stereocenters. The highest BCUT2D eigenvalue weighted by atomic mass is 16.7. The summed E-state index contributed by atoms with van der Waals surface area (Å²) in [5, 5.41) is 23.8. The van der Waals surface area contributed by atoms with Crippen LogP contribution >= 0.6 is 0 Å². The van der Waals surface area contributed by atoms with Crippen molar-refractivity contribution in [2.24, 2.45) is 5.92 Å². The zero-order valence-corrected chi connectivity index (χ0v) is 22.1. The van der Waals surface area contributed by atoms with Gasteiger partial charge in [-0.25, -0.2) is 4.90 Å². The van der Waals surface area contributed by atoms with Gasteiger partial charge in [-0.1, -0.05) is 97.9 Å². The number of ether oxygens (including phenoxy) is 1. The van der Waals surface area contributed by atoms with Crippen LogP contribution in [0.2, 0.25) is 0 Å². The molecule has 1 atom stereocenters. The molecule has 0 aromatic heterocycles. The highest BCUT2D eigenvalue weighted by Gasteiger charge is 2.47. The Labute approximate surface area is 220 Å². The number of hydrogen-bond acceptors (Lipinski definition) is 5. The summed E-state index contributed by atoms with van der Waals surface area (Å²) in [7, 11) is 0. The molecule has 0 aliphatic carbocycles. The van der Waals surface area contributed by atoms with E-state index in [1.807, 2.05) is 117 Å². The molecular weight excluding hydrogens is 462 g/mol. The number of likely N-dealkylation sites (tertiary alicyclic amines) is 1. The number of esters is 1. The third-order valence-corrected chi connectivity index (χ3v) is 7.85. The summed E-state index contributed by atoms with van der Waals surface area (Å²) in [6.07, 6.45) is 2.27. The van der Waals surface area contributed by atoms with Gasteiger partial charge in [0.05, 0.1) is 5.41 Å². The molecule has 1 fully saturated rings. The van der Waals surface area contributed by atoms with Crippen LogP contribution in [0.1, 0.15) is 63.1 Å². The predicted molar refractivity (Wildman–Crippen MR) is 146 cm³/mol. The van der Waals surface area contributed by atoms with Crippen molar-refractivity contribution in [3.63, 3.8) is 0 Å². The fourth-order valence-electron chi connectivity index (χ4n) is 5.52. The molecule has 0 amide bonds. The SMILES string of the molecule is CCCC(O)(OC(=O)C(C)(C)c1ccccc1)N1CCC(C(O)(c2ccccc2)c2ccccc2)CC1. The van der Waals surface area contributed by atoms with Gasteiger partial charge in [0, 0.05) is 19.5 Å². The molecule has 5 nitrogen and oxygen atoms in total. The molecule has 3 aromatic carbocycles. The summed E-state index contributed by atoms with van der Waals surface area (Å²) < 4.78 is 5.91. The smallest absolute Gasteiger partial charge is 0.319 e. The molecule has 1 heterocycles. The maximum atomic E-state index is 13.3. The minimum atomic E-state index is -1.69. The molecule has 0 bridgehead atoms. The Morgan fingerprint density at radius 3 is 1.68 bits per heavy atom. The van der Waals surface area contributed by atoms with Gasteiger partial charge in [-0.2, -0.15) is 0 Å². The van der Waals surface area contributed by atoms with E-state index in [0.29, 0.717) is 38.8 Å². The van der Waals surface area contributed by atoms with Gasteiger partial charge in [0.2, 0.25) is 0 Å². The Morgan fingerprint density at radius 1 is 0.811 bits per heavy atom. The lowest BCUT2D eigenvalue weighted by Crippen LogP contribution is -2.57. The van der Waals surface area contributed by atoms with Crippen LogP contribution in [0.3, 0.4) is 0 Å². The second kappa shape index (κ2) is 11.2. The standard InChI is InChI=1S/C32H39NO4/c1-4-22-31(35,37-29(34)30(2,3)25-14-8-5-9-15-25)33-23-20-28(21-24-33)32(36,26-16-10-6-11-17-26)27-18-12-7-13-19-27/h5-19,28,35-36H,4,20-24H2,1-3H3. The molecule has 5 heteroatoms. The molecule has 37 heavy (non-hydrogen) atoms. The van der Waals surface area contributed by atoms with Crippen molar-refractivity contribution in [2.45, 2.75) is 63.4 Å². The number of piperidine rings is 1. The van der Waals surface area contributed by atoms with Gasteiger partial charge in [-0.3, -0.25) is 4.79 Å². The molecule has 1 saturated heterocycles. The van der Waals surface area contributed by atoms with Crippen molar-refractivity contribution in [1.82, 2.24) is 4.90 Å². The van der Waals surface area contributed by atoms with Gasteiger partial charge in [-0.05, 0) is 55.7 Å². The van der Waals surface area contributed by atoms with Gasteiger partial charge in [0.15, 0.2) is 0 Å². The van der Waals surface area contributed by atoms with Gasteiger partial charge >= 0.3 is 5.97 Å². The summed E-state index contributed by atoms with van der Waals surface area (Å²) in [5.74, 6) is -2.21. The first-order valence-corrected chi connectivity index (χ1v) is 13.3. The predicted octanol–water partition coefficient (Wildman–Crippen LogP) is 5.60. The maximum absolute atomic E-state index is 13.3. The van der Waals surface area contributed by atoms with Crippen molar-refractivity contribution >= 4 is 5.97 Å². The maximum Gasteiger partial charge on any atom is 0.319 e. The van der Waals surface area contributed by atoms with E-state index in [1.165, 1.54) is 0 Å². The van der Waals surface area contributed by atoms with Crippen LogP contribution in [0.5, 0.6) is 0 Å². The minimum absolute atomic E-state index is 0.0594. The van der Waals surface area contributed by atoms with Crippen molar-refractivity contribution in [2.75, 3.05) is 13.1 Å². The van der Waals surface area contributed by atoms with Crippen LogP contribution in [0.4, 0.5) is 0 Å². The largest absolute Gasteiger partial charge is 0.418 e. The number of nitrogens with zero attached hydrogens (tertiary/aromatic N) is 1. The quantitative estimate of drug-likeness (QED) is 0.295. The van der Waals surface area contributed by atoms with E-state index in [9.17, 15) is 15.0 Å². The van der Waals surface area contributed by atoms with Gasteiger partial charge < -0.3 is 14.9 Å². The van der Waals surface area contributed by atoms with E-state index in [4.69, 9.17) is 4.74 Å². The normalized spacial score (nSPS) is 17.2. The van der Waals surface area contributed by atoms with Gasteiger partial charge in [0.1, 0.15) is 5.60 Å². The van der Waals surface area contributed by atoms with Gasteiger partial charge in [0.25, 0.3) is 5.91 Å². The topological polar surface area (TPSA) is 70.0 Å². The zero-order valence-electron chi connectivity index (χ0n) is 22.1. The molecule has 3 aromatic rings. The fourth-order valence-corrected chi connectivity index (χ4v) is 5.52. The van der Waals surface area contributed by atoms with E-state index in [-0.39, 0.29) is 5.92 Å². The Balaban J connectivity index is 1.54. The van der Waals surface area contributed by atoms with E-state index in [2.05, 4.69) is 0 Å². The molecule has 0 spiro atoms. The molecule has 196 valence electrons. The van der Waals surface area contributed by atoms with Crippen LogP contribution in [0, 0.1) is 5.92 Å². The van der Waals surface area contributed by atoms with Crippen LogP contribution in [-0.2, 0) is 20.5 Å².